The number of hydrogen-bond acceptors (Lipinski definition) is 2. The molecule has 0 radical (unpaired) electrons. The number of para-hydroxylation sites is 1. The molecule has 0 bridgehead atoms. The van der Waals surface area contributed by atoms with Gasteiger partial charge in [0.1, 0.15) is 17.3 Å². The summed E-state index contributed by atoms with van der Waals surface area (Å²) in [4.78, 5) is 3.30. The molecule has 1 saturated heterocycles. The lowest BCUT2D eigenvalue weighted by molar-refractivity contribution is 0.300. The van der Waals surface area contributed by atoms with E-state index in [-0.39, 0.29) is 0 Å². The first-order chi connectivity index (χ1) is 13.1. The summed E-state index contributed by atoms with van der Waals surface area (Å²) in [5.41, 5.74) is 3.38. The van der Waals surface area contributed by atoms with Gasteiger partial charge in [-0.05, 0) is 49.6 Å². The van der Waals surface area contributed by atoms with Crippen molar-refractivity contribution in [1.29, 1.82) is 0 Å². The minimum absolute atomic E-state index is 0.593. The number of nitrogens with zero attached hydrogens (tertiary/aromatic N) is 2. The molecule has 3 aromatic rings. The molecule has 140 valence electrons. The summed E-state index contributed by atoms with van der Waals surface area (Å²) < 4.78 is 8.19. The fourth-order valence-corrected chi connectivity index (χ4v) is 4.12. The number of rotatable bonds is 5. The molecule has 1 aliphatic heterocycles. The van der Waals surface area contributed by atoms with Crippen LogP contribution in [0.5, 0.6) is 5.75 Å². The van der Waals surface area contributed by atoms with Crippen LogP contribution in [-0.2, 0) is 6.54 Å². The second-order valence-electron chi connectivity index (χ2n) is 7.01. The van der Waals surface area contributed by atoms with E-state index in [4.69, 9.17) is 28.6 Å². The summed E-state index contributed by atoms with van der Waals surface area (Å²) in [5, 5.41) is 1.98. The maximum absolute atomic E-state index is 6.09. The van der Waals surface area contributed by atoms with Crippen LogP contribution in [0.1, 0.15) is 24.0 Å². The first-order valence-corrected chi connectivity index (χ1v) is 10.2. The molecule has 2 aromatic carbocycles. The van der Waals surface area contributed by atoms with Crippen LogP contribution in [0.2, 0.25) is 5.02 Å². The zero-order valence-corrected chi connectivity index (χ0v) is 17.0. The van der Waals surface area contributed by atoms with Crippen LogP contribution in [0.4, 0.5) is 0 Å². The predicted octanol–water partition coefficient (Wildman–Crippen LogP) is 5.45. The molecule has 3 nitrogen and oxygen atoms in total. The van der Waals surface area contributed by atoms with Crippen molar-refractivity contribution in [1.82, 2.24) is 9.47 Å². The smallest absolute Gasteiger partial charge is 0.119 e. The first kappa shape index (κ1) is 18.3. The Hall–Kier alpha value is -2.04. The second-order valence-corrected chi connectivity index (χ2v) is 7.81. The highest BCUT2D eigenvalue weighted by Crippen LogP contribution is 2.25. The minimum atomic E-state index is 0.593. The molecule has 0 aliphatic carbocycles. The number of benzene rings is 2. The second kappa shape index (κ2) is 7.91. The highest BCUT2D eigenvalue weighted by molar-refractivity contribution is 7.80. The van der Waals surface area contributed by atoms with Gasteiger partial charge in [0.15, 0.2) is 0 Å². The van der Waals surface area contributed by atoms with Crippen molar-refractivity contribution < 1.29 is 4.74 Å². The highest BCUT2D eigenvalue weighted by Gasteiger charge is 2.20. The number of halogens is 1. The number of hydrogen-bond donors (Lipinski definition) is 0. The van der Waals surface area contributed by atoms with Gasteiger partial charge in [0.05, 0.1) is 6.54 Å². The third-order valence-electron chi connectivity index (χ3n) is 5.14. The maximum Gasteiger partial charge on any atom is 0.119 e. The fraction of sp³-hybridized carbons (Fsp3) is 0.318. The third kappa shape index (κ3) is 3.83. The topological polar surface area (TPSA) is 17.4 Å². The van der Waals surface area contributed by atoms with Gasteiger partial charge in [-0.3, -0.25) is 0 Å². The number of thiocarbonyl (C=S) groups is 1. The summed E-state index contributed by atoms with van der Waals surface area (Å²) in [5.74, 6) is 0.848. The van der Waals surface area contributed by atoms with Crippen LogP contribution in [-0.4, -0.2) is 34.2 Å². The van der Waals surface area contributed by atoms with E-state index < -0.39 is 0 Å². The van der Waals surface area contributed by atoms with Gasteiger partial charge in [-0.15, -0.1) is 0 Å². The van der Waals surface area contributed by atoms with Crippen molar-refractivity contribution >= 4 is 39.7 Å². The van der Waals surface area contributed by atoms with Crippen LogP contribution in [0.3, 0.4) is 0 Å². The maximum atomic E-state index is 6.09. The van der Waals surface area contributed by atoms with Crippen LogP contribution in [0.25, 0.3) is 10.9 Å². The summed E-state index contributed by atoms with van der Waals surface area (Å²) >= 11 is 11.9. The van der Waals surface area contributed by atoms with E-state index in [0.717, 1.165) is 46.5 Å². The summed E-state index contributed by atoms with van der Waals surface area (Å²) in [6, 6.07) is 14.2. The minimum Gasteiger partial charge on any atom is -0.492 e. The van der Waals surface area contributed by atoms with Crippen molar-refractivity contribution in [2.75, 3.05) is 19.7 Å². The lowest BCUT2D eigenvalue weighted by atomic mass is 10.1. The number of likely N-dealkylation sites (tertiary alicyclic amines) is 1. The Morgan fingerprint density at radius 1 is 1.15 bits per heavy atom. The van der Waals surface area contributed by atoms with Crippen LogP contribution < -0.4 is 4.74 Å². The normalized spacial score (nSPS) is 14.1. The van der Waals surface area contributed by atoms with Gasteiger partial charge in [0, 0.05) is 40.8 Å². The zero-order chi connectivity index (χ0) is 18.8. The van der Waals surface area contributed by atoms with Gasteiger partial charge in [0.25, 0.3) is 0 Å². The molecule has 27 heavy (non-hydrogen) atoms. The molecule has 4 rings (SSSR count). The van der Waals surface area contributed by atoms with Gasteiger partial charge in [0.2, 0.25) is 0 Å². The van der Waals surface area contributed by atoms with Gasteiger partial charge >= 0.3 is 0 Å². The van der Waals surface area contributed by atoms with Gasteiger partial charge in [-0.25, -0.2) is 0 Å². The molecule has 0 atom stereocenters. The van der Waals surface area contributed by atoms with Crippen LogP contribution in [0.15, 0.2) is 48.7 Å². The average Bonchev–Trinajstić information content (AvgIpc) is 3.33. The lowest BCUT2D eigenvalue weighted by Crippen LogP contribution is -2.26. The predicted molar refractivity (Wildman–Crippen MR) is 116 cm³/mol. The van der Waals surface area contributed by atoms with E-state index in [1.165, 1.54) is 23.7 Å². The molecule has 1 aliphatic rings. The van der Waals surface area contributed by atoms with Gasteiger partial charge < -0.3 is 14.2 Å². The Bertz CT molecular complexity index is 976. The van der Waals surface area contributed by atoms with E-state index in [2.05, 4.69) is 39.9 Å². The van der Waals surface area contributed by atoms with E-state index in [9.17, 15) is 0 Å². The summed E-state index contributed by atoms with van der Waals surface area (Å²) in [6.07, 6.45) is 4.64. The Kier molecular flexibility index (Phi) is 5.37. The Morgan fingerprint density at radius 2 is 1.93 bits per heavy atom. The molecule has 1 fully saturated rings. The molecular weight excluding hydrogens is 376 g/mol. The largest absolute Gasteiger partial charge is 0.492 e. The monoisotopic (exact) mass is 398 g/mol. The molecular formula is C22H23ClN2OS. The summed E-state index contributed by atoms with van der Waals surface area (Å²) in [7, 11) is 0. The average molecular weight is 399 g/mol. The number of aromatic nitrogens is 1. The number of ether oxygens (including phenoxy) is 1. The molecule has 0 N–H and O–H groups in total. The molecule has 0 spiro atoms. The van der Waals surface area contributed by atoms with Gasteiger partial charge in [-0.1, -0.05) is 42.0 Å². The molecule has 0 unspecified atom stereocenters. The molecule has 0 amide bonds. The zero-order valence-electron chi connectivity index (χ0n) is 15.5. The van der Waals surface area contributed by atoms with E-state index in [1.54, 1.807) is 0 Å². The van der Waals surface area contributed by atoms with E-state index in [0.29, 0.717) is 6.61 Å². The fourth-order valence-electron chi connectivity index (χ4n) is 3.66. The lowest BCUT2D eigenvalue weighted by Gasteiger charge is -2.17. The highest BCUT2D eigenvalue weighted by atomic mass is 35.5. The number of fused-ring (bicyclic) bond motifs is 1. The van der Waals surface area contributed by atoms with E-state index in [1.807, 2.05) is 25.1 Å². The van der Waals surface area contributed by atoms with Crippen molar-refractivity contribution in [3.63, 3.8) is 0 Å². The Labute approximate surface area is 170 Å². The Morgan fingerprint density at radius 3 is 2.70 bits per heavy atom. The van der Waals surface area contributed by atoms with Crippen molar-refractivity contribution in [2.24, 2.45) is 0 Å². The third-order valence-corrected chi connectivity index (χ3v) is 6.04. The summed E-state index contributed by atoms with van der Waals surface area (Å²) in [6.45, 7) is 5.48. The Balaban J connectivity index is 1.53. The quantitative estimate of drug-likeness (QED) is 0.532. The van der Waals surface area contributed by atoms with Gasteiger partial charge in [-0.2, -0.15) is 0 Å². The van der Waals surface area contributed by atoms with Crippen LogP contribution in [0, 0.1) is 6.92 Å². The van der Waals surface area contributed by atoms with E-state index >= 15 is 0 Å². The molecule has 5 heteroatoms. The van der Waals surface area contributed by atoms with Crippen LogP contribution >= 0.6 is 23.8 Å². The van der Waals surface area contributed by atoms with Crippen molar-refractivity contribution in [3.05, 3.63) is 64.8 Å². The molecule has 0 saturated carbocycles. The van der Waals surface area contributed by atoms with Crippen molar-refractivity contribution in [3.8, 4) is 5.75 Å². The molecule has 1 aromatic heterocycles. The first-order valence-electron chi connectivity index (χ1n) is 9.39. The number of aryl methyl sites for hydroxylation is 1. The van der Waals surface area contributed by atoms with Crippen molar-refractivity contribution in [2.45, 2.75) is 26.3 Å². The molecule has 2 heterocycles. The SMILES string of the molecule is Cc1cc(OCCn2cc(C(=S)N3CCCC3)c3ccccc32)ccc1Cl. The standard InChI is InChI=1S/C22H23ClN2OS/c1-16-14-17(8-9-20(16)23)26-13-12-25-15-19(18-6-2-3-7-21(18)25)22(27)24-10-4-5-11-24/h2-3,6-9,14-15H,4-5,10-13H2,1H3.